The maximum absolute atomic E-state index is 10.9. The Labute approximate surface area is 119 Å². The first kappa shape index (κ1) is 13.3. The molecule has 0 fully saturated rings. The van der Waals surface area contributed by atoms with E-state index in [4.69, 9.17) is 11.6 Å². The number of carboxylic acids is 1. The van der Waals surface area contributed by atoms with Crippen LogP contribution in [-0.4, -0.2) is 11.1 Å². The number of hydrogen-bond acceptors (Lipinski definition) is 3. The van der Waals surface area contributed by atoms with Gasteiger partial charge in [-0.25, -0.2) is 0 Å². The molecule has 0 amide bonds. The molecule has 0 saturated carbocycles. The van der Waals surface area contributed by atoms with Gasteiger partial charge in [0.2, 0.25) is 0 Å². The molecule has 3 nitrogen and oxygen atoms in total. The average molecular weight is 245 g/mol. The van der Waals surface area contributed by atoms with E-state index >= 15 is 0 Å². The molecule has 0 unspecified atom stereocenters. The minimum atomic E-state index is -1.44. The van der Waals surface area contributed by atoms with Gasteiger partial charge in [-0.3, -0.25) is 0 Å². The molecule has 0 saturated heterocycles. The van der Waals surface area contributed by atoms with Crippen molar-refractivity contribution in [2.24, 2.45) is 0 Å². The van der Waals surface area contributed by atoms with E-state index < -0.39 is 11.7 Å². The smallest absolute Gasteiger partial charge is 0.545 e. The predicted octanol–water partition coefficient (Wildman–Crippen LogP) is -1.43. The fraction of sp³-hybridized carbons (Fsp3) is 0. The van der Waals surface area contributed by atoms with Crippen LogP contribution in [0.2, 0.25) is 5.02 Å². The standard InChI is InChI=1S/C11H7ClO3.Na/c12-8-5-6-3-1-2-4-7(6)9(10(8)13)11(14)15;/h1-5,13H,(H,14,15);/q;+1/p-1. The van der Waals surface area contributed by atoms with Crippen molar-refractivity contribution >= 4 is 28.3 Å². The van der Waals surface area contributed by atoms with Gasteiger partial charge in [0.15, 0.2) is 0 Å². The monoisotopic (exact) mass is 244 g/mol. The average Bonchev–Trinajstić information content (AvgIpc) is 2.19. The molecule has 16 heavy (non-hydrogen) atoms. The number of carboxylic acid groups (broad SMARTS) is 1. The summed E-state index contributed by atoms with van der Waals surface area (Å²) in [5.74, 6) is -1.89. The first-order valence-electron chi connectivity index (χ1n) is 4.23. The van der Waals surface area contributed by atoms with Crippen LogP contribution in [0.1, 0.15) is 10.4 Å². The van der Waals surface area contributed by atoms with Gasteiger partial charge in [-0.15, -0.1) is 0 Å². The quantitative estimate of drug-likeness (QED) is 0.626. The molecule has 0 aliphatic rings. The van der Waals surface area contributed by atoms with Crippen LogP contribution in [0.15, 0.2) is 30.3 Å². The summed E-state index contributed by atoms with van der Waals surface area (Å²) in [5, 5.41) is 21.4. The van der Waals surface area contributed by atoms with Crippen molar-refractivity contribution in [2.45, 2.75) is 0 Å². The summed E-state index contributed by atoms with van der Waals surface area (Å²) in [6.45, 7) is 0. The number of aromatic hydroxyl groups is 1. The fourth-order valence-corrected chi connectivity index (χ4v) is 1.72. The number of halogens is 1. The molecule has 0 atom stereocenters. The van der Waals surface area contributed by atoms with E-state index in [2.05, 4.69) is 0 Å². The van der Waals surface area contributed by atoms with Gasteiger partial charge in [-0.2, -0.15) is 0 Å². The Balaban J connectivity index is 0.00000128. The van der Waals surface area contributed by atoms with Crippen LogP contribution in [0.5, 0.6) is 5.75 Å². The maximum Gasteiger partial charge on any atom is 1.00 e. The molecule has 1 N–H and O–H groups in total. The van der Waals surface area contributed by atoms with E-state index in [1.165, 1.54) is 6.07 Å². The Morgan fingerprint density at radius 2 is 1.94 bits per heavy atom. The van der Waals surface area contributed by atoms with Crippen molar-refractivity contribution in [3.63, 3.8) is 0 Å². The number of hydrogen-bond donors (Lipinski definition) is 1. The van der Waals surface area contributed by atoms with Crippen LogP contribution in [0.3, 0.4) is 0 Å². The van der Waals surface area contributed by atoms with Gasteiger partial charge in [-0.1, -0.05) is 35.9 Å². The van der Waals surface area contributed by atoms with Crippen molar-refractivity contribution in [1.82, 2.24) is 0 Å². The molecule has 0 heterocycles. The second kappa shape index (κ2) is 5.06. The third kappa shape index (κ3) is 2.18. The Kier molecular flexibility index (Phi) is 4.21. The Bertz CT molecular complexity index is 554. The van der Waals surface area contributed by atoms with E-state index in [1.54, 1.807) is 24.3 Å². The third-order valence-corrected chi connectivity index (χ3v) is 2.47. The second-order valence-electron chi connectivity index (χ2n) is 3.09. The Morgan fingerprint density at radius 1 is 1.31 bits per heavy atom. The molecule has 2 rings (SSSR count). The molecular weight excluding hydrogens is 239 g/mol. The summed E-state index contributed by atoms with van der Waals surface area (Å²) in [4.78, 5) is 10.9. The molecular formula is C11H6ClNaO3. The first-order chi connectivity index (χ1) is 7.11. The van der Waals surface area contributed by atoms with Crippen LogP contribution < -0.4 is 34.7 Å². The molecule has 0 bridgehead atoms. The van der Waals surface area contributed by atoms with E-state index in [-0.39, 0.29) is 40.1 Å². The van der Waals surface area contributed by atoms with Gasteiger partial charge in [-0.05, 0) is 16.8 Å². The van der Waals surface area contributed by atoms with Crippen molar-refractivity contribution in [2.75, 3.05) is 0 Å². The van der Waals surface area contributed by atoms with E-state index in [0.29, 0.717) is 10.8 Å². The Morgan fingerprint density at radius 3 is 2.56 bits per heavy atom. The summed E-state index contributed by atoms with van der Waals surface area (Å²) < 4.78 is 0. The minimum Gasteiger partial charge on any atom is -0.545 e. The van der Waals surface area contributed by atoms with Crippen LogP contribution in [0.25, 0.3) is 10.8 Å². The predicted molar refractivity (Wildman–Crippen MR) is 55.0 cm³/mol. The zero-order chi connectivity index (χ0) is 11.0. The van der Waals surface area contributed by atoms with Gasteiger partial charge >= 0.3 is 29.6 Å². The molecule has 76 valence electrons. The minimum absolute atomic E-state index is 0. The topological polar surface area (TPSA) is 60.4 Å². The molecule has 0 aliphatic heterocycles. The number of phenols is 1. The van der Waals surface area contributed by atoms with Gasteiger partial charge in [0.1, 0.15) is 5.75 Å². The maximum atomic E-state index is 10.9. The summed E-state index contributed by atoms with van der Waals surface area (Å²) in [5.41, 5.74) is -0.266. The zero-order valence-electron chi connectivity index (χ0n) is 8.53. The first-order valence-corrected chi connectivity index (χ1v) is 4.60. The van der Waals surface area contributed by atoms with Crippen molar-refractivity contribution in [3.05, 3.63) is 40.9 Å². The largest absolute Gasteiger partial charge is 1.00 e. The third-order valence-electron chi connectivity index (χ3n) is 2.18. The van der Waals surface area contributed by atoms with E-state index in [0.717, 1.165) is 0 Å². The van der Waals surface area contributed by atoms with Crippen molar-refractivity contribution < 1.29 is 44.6 Å². The number of benzene rings is 2. The number of carbonyl (C=O) groups excluding carboxylic acids is 1. The molecule has 0 aromatic heterocycles. The molecule has 0 radical (unpaired) electrons. The van der Waals surface area contributed by atoms with Crippen LogP contribution in [0.4, 0.5) is 0 Å². The Hall–Kier alpha value is -0.740. The summed E-state index contributed by atoms with van der Waals surface area (Å²) in [6, 6.07) is 8.26. The van der Waals surface area contributed by atoms with Gasteiger partial charge in [0.25, 0.3) is 0 Å². The normalized spacial score (nSPS) is 9.81. The molecule has 0 spiro atoms. The van der Waals surface area contributed by atoms with Crippen molar-refractivity contribution in [1.29, 1.82) is 0 Å². The number of aromatic carboxylic acids is 1. The van der Waals surface area contributed by atoms with Crippen LogP contribution >= 0.6 is 11.6 Å². The summed E-state index contributed by atoms with van der Waals surface area (Å²) in [7, 11) is 0. The van der Waals surface area contributed by atoms with Crippen molar-refractivity contribution in [3.8, 4) is 5.75 Å². The summed E-state index contributed by atoms with van der Waals surface area (Å²) in [6.07, 6.45) is 0. The molecule has 2 aromatic carbocycles. The van der Waals surface area contributed by atoms with Gasteiger partial charge in [0, 0.05) is 5.56 Å². The molecule has 2 aromatic rings. The fourth-order valence-electron chi connectivity index (χ4n) is 1.51. The van der Waals surface area contributed by atoms with E-state index in [1.807, 2.05) is 0 Å². The zero-order valence-corrected chi connectivity index (χ0v) is 11.3. The number of carbonyl (C=O) groups is 1. The number of rotatable bonds is 1. The molecule has 0 aliphatic carbocycles. The van der Waals surface area contributed by atoms with Gasteiger partial charge < -0.3 is 15.0 Å². The summed E-state index contributed by atoms with van der Waals surface area (Å²) >= 11 is 5.70. The van der Waals surface area contributed by atoms with Crippen LogP contribution in [-0.2, 0) is 0 Å². The second-order valence-corrected chi connectivity index (χ2v) is 3.50. The number of fused-ring (bicyclic) bond motifs is 1. The van der Waals surface area contributed by atoms with E-state index in [9.17, 15) is 15.0 Å². The van der Waals surface area contributed by atoms with Crippen LogP contribution in [0, 0.1) is 0 Å². The van der Waals surface area contributed by atoms with Gasteiger partial charge in [0.05, 0.1) is 11.0 Å². The SMILES string of the molecule is O=C([O-])c1c(O)c(Cl)cc2ccccc12.[Na+]. The molecule has 5 heteroatoms.